The average molecular weight is 252 g/mol. The fourth-order valence-corrected chi connectivity index (χ4v) is 1.19. The lowest BCUT2D eigenvalue weighted by molar-refractivity contribution is -0.384. The summed E-state index contributed by atoms with van der Waals surface area (Å²) in [5.74, 6) is 0.0448. The van der Waals surface area contributed by atoms with E-state index in [2.05, 4.69) is 9.73 Å². The Morgan fingerprint density at radius 3 is 2.44 bits per heavy atom. The Morgan fingerprint density at radius 2 is 2.00 bits per heavy atom. The van der Waals surface area contributed by atoms with E-state index in [4.69, 9.17) is 4.74 Å². The van der Waals surface area contributed by atoms with Gasteiger partial charge in [-0.3, -0.25) is 10.1 Å². The van der Waals surface area contributed by atoms with Crippen molar-refractivity contribution in [3.63, 3.8) is 0 Å². The first-order valence-corrected chi connectivity index (χ1v) is 5.12. The number of methoxy groups -OCH3 is 1. The Bertz CT molecular complexity index is 467. The number of aliphatic imine (C=N–C) groups is 1. The van der Waals surface area contributed by atoms with Crippen LogP contribution >= 0.6 is 0 Å². The van der Waals surface area contributed by atoms with E-state index in [9.17, 15) is 14.9 Å². The normalized spacial score (nSPS) is 10.9. The van der Waals surface area contributed by atoms with E-state index in [1.165, 1.54) is 31.4 Å². The second-order valence-corrected chi connectivity index (χ2v) is 3.12. The van der Waals surface area contributed by atoms with E-state index >= 15 is 0 Å². The quantitative estimate of drug-likeness (QED) is 0.355. The number of amides is 1. The maximum atomic E-state index is 11.2. The second-order valence-electron chi connectivity index (χ2n) is 3.12. The van der Waals surface area contributed by atoms with Crippen molar-refractivity contribution in [2.24, 2.45) is 4.99 Å². The van der Waals surface area contributed by atoms with Gasteiger partial charge in [0.05, 0.1) is 18.6 Å². The highest BCUT2D eigenvalue weighted by atomic mass is 16.6. The molecule has 18 heavy (non-hydrogen) atoms. The summed E-state index contributed by atoms with van der Waals surface area (Å²) >= 11 is 0. The molecule has 0 spiro atoms. The van der Waals surface area contributed by atoms with Gasteiger partial charge < -0.3 is 9.47 Å². The largest absolute Gasteiger partial charge is 0.480 e. The van der Waals surface area contributed by atoms with Gasteiger partial charge in [0, 0.05) is 17.7 Å². The standard InChI is InChI=1S/C11H12N2O5/c1-3-18-11(14)12-10(17-2)8-4-6-9(7-5-8)13(15)16/h4-7H,3H2,1-2H3/b12-10-. The number of carbonyl (C=O) groups excluding carboxylic acids is 1. The van der Waals surface area contributed by atoms with Crippen LogP contribution in [0.25, 0.3) is 0 Å². The van der Waals surface area contributed by atoms with Crippen LogP contribution in [0.5, 0.6) is 0 Å². The maximum Gasteiger partial charge on any atom is 0.436 e. The molecule has 0 saturated carbocycles. The first-order chi connectivity index (χ1) is 8.58. The van der Waals surface area contributed by atoms with Crippen LogP contribution in [0.1, 0.15) is 12.5 Å². The molecule has 96 valence electrons. The molecule has 0 bridgehead atoms. The van der Waals surface area contributed by atoms with E-state index in [1.807, 2.05) is 0 Å². The van der Waals surface area contributed by atoms with Gasteiger partial charge in [0.2, 0.25) is 5.90 Å². The molecule has 0 unspecified atom stereocenters. The number of non-ortho nitro benzene ring substituents is 1. The number of nitro benzene ring substituents is 1. The van der Waals surface area contributed by atoms with Gasteiger partial charge in [-0.2, -0.15) is 0 Å². The molecule has 0 heterocycles. The van der Waals surface area contributed by atoms with Gasteiger partial charge >= 0.3 is 6.09 Å². The second kappa shape index (κ2) is 6.33. The summed E-state index contributed by atoms with van der Waals surface area (Å²) in [6.07, 6.45) is -0.771. The molecule has 7 heteroatoms. The third-order valence-electron chi connectivity index (χ3n) is 1.98. The van der Waals surface area contributed by atoms with Crippen LogP contribution in [-0.2, 0) is 9.47 Å². The summed E-state index contributed by atoms with van der Waals surface area (Å²) in [5, 5.41) is 10.5. The molecule has 0 fully saturated rings. The van der Waals surface area contributed by atoms with Gasteiger partial charge in [-0.25, -0.2) is 4.79 Å². The fourth-order valence-electron chi connectivity index (χ4n) is 1.19. The minimum atomic E-state index is -0.771. The van der Waals surface area contributed by atoms with Crippen molar-refractivity contribution < 1.29 is 19.2 Å². The van der Waals surface area contributed by atoms with Crippen molar-refractivity contribution in [3.8, 4) is 0 Å². The summed E-state index contributed by atoms with van der Waals surface area (Å²) in [7, 11) is 1.35. The van der Waals surface area contributed by atoms with Crippen molar-refractivity contribution in [2.75, 3.05) is 13.7 Å². The van der Waals surface area contributed by atoms with Crippen molar-refractivity contribution in [2.45, 2.75) is 6.92 Å². The molecule has 1 rings (SSSR count). The summed E-state index contributed by atoms with van der Waals surface area (Å²) in [6.45, 7) is 1.87. The lowest BCUT2D eigenvalue weighted by Gasteiger charge is -2.04. The number of carbonyl (C=O) groups is 1. The van der Waals surface area contributed by atoms with E-state index in [1.54, 1.807) is 6.92 Å². The first-order valence-electron chi connectivity index (χ1n) is 5.12. The van der Waals surface area contributed by atoms with Gasteiger partial charge in [-0.15, -0.1) is 4.99 Å². The number of rotatable bonds is 3. The van der Waals surface area contributed by atoms with Crippen LogP contribution in [0.4, 0.5) is 10.5 Å². The zero-order valence-electron chi connectivity index (χ0n) is 9.95. The molecule has 0 N–H and O–H groups in total. The minimum Gasteiger partial charge on any atom is -0.480 e. The summed E-state index contributed by atoms with van der Waals surface area (Å²) in [5.41, 5.74) is 0.404. The zero-order valence-corrected chi connectivity index (χ0v) is 9.95. The molecule has 0 atom stereocenters. The van der Waals surface area contributed by atoms with Crippen LogP contribution in [0.2, 0.25) is 0 Å². The maximum absolute atomic E-state index is 11.2. The number of hydrogen-bond donors (Lipinski definition) is 0. The molecule has 0 aliphatic carbocycles. The number of nitrogens with zero attached hydrogens (tertiary/aromatic N) is 2. The summed E-state index contributed by atoms with van der Waals surface area (Å²) < 4.78 is 9.58. The Balaban J connectivity index is 2.95. The van der Waals surface area contributed by atoms with Crippen molar-refractivity contribution in [3.05, 3.63) is 39.9 Å². The molecule has 0 aliphatic heterocycles. The molecule has 1 amide bonds. The molecule has 7 nitrogen and oxygen atoms in total. The molecule has 1 aromatic carbocycles. The van der Waals surface area contributed by atoms with Gasteiger partial charge in [0.15, 0.2) is 0 Å². The number of ether oxygens (including phenoxy) is 2. The average Bonchev–Trinajstić information content (AvgIpc) is 2.36. The van der Waals surface area contributed by atoms with Crippen molar-refractivity contribution in [1.82, 2.24) is 0 Å². The monoisotopic (exact) mass is 252 g/mol. The molecular weight excluding hydrogens is 240 g/mol. The van der Waals surface area contributed by atoms with Crippen LogP contribution in [0.15, 0.2) is 29.3 Å². The number of nitro groups is 1. The Kier molecular flexibility index (Phi) is 4.79. The lowest BCUT2D eigenvalue weighted by atomic mass is 10.2. The predicted molar refractivity (Wildman–Crippen MR) is 63.7 cm³/mol. The van der Waals surface area contributed by atoms with Crippen LogP contribution in [0.3, 0.4) is 0 Å². The SMILES string of the molecule is CCOC(=O)/N=C(\OC)c1ccc([N+](=O)[O-])cc1. The van der Waals surface area contributed by atoms with E-state index in [0.717, 1.165) is 0 Å². The molecule has 1 aromatic rings. The highest BCUT2D eigenvalue weighted by Crippen LogP contribution is 2.13. The van der Waals surface area contributed by atoms with Gasteiger partial charge in [0.25, 0.3) is 5.69 Å². The van der Waals surface area contributed by atoms with Crippen LogP contribution < -0.4 is 0 Å². The van der Waals surface area contributed by atoms with Gasteiger partial charge in [-0.05, 0) is 19.1 Å². The Morgan fingerprint density at radius 1 is 1.39 bits per heavy atom. The zero-order chi connectivity index (χ0) is 13.5. The predicted octanol–water partition coefficient (Wildman–Crippen LogP) is 2.14. The molecule has 0 radical (unpaired) electrons. The van der Waals surface area contributed by atoms with Crippen LogP contribution in [-0.4, -0.2) is 30.6 Å². The highest BCUT2D eigenvalue weighted by molar-refractivity contribution is 6.00. The molecular formula is C11H12N2O5. The fraction of sp³-hybridized carbons (Fsp3) is 0.273. The molecule has 0 aromatic heterocycles. The minimum absolute atomic E-state index is 0.0448. The summed E-state index contributed by atoms with van der Waals surface area (Å²) in [4.78, 5) is 24.7. The highest BCUT2D eigenvalue weighted by Gasteiger charge is 2.10. The van der Waals surface area contributed by atoms with E-state index < -0.39 is 11.0 Å². The third kappa shape index (κ3) is 3.55. The van der Waals surface area contributed by atoms with Gasteiger partial charge in [-0.1, -0.05) is 0 Å². The number of benzene rings is 1. The van der Waals surface area contributed by atoms with Crippen molar-refractivity contribution in [1.29, 1.82) is 0 Å². The number of hydrogen-bond acceptors (Lipinski definition) is 5. The third-order valence-corrected chi connectivity index (χ3v) is 1.98. The van der Waals surface area contributed by atoms with Crippen LogP contribution in [0, 0.1) is 10.1 Å². The molecule has 0 aliphatic rings. The Hall–Kier alpha value is -2.44. The topological polar surface area (TPSA) is 91.0 Å². The van der Waals surface area contributed by atoms with Crippen molar-refractivity contribution >= 4 is 17.7 Å². The smallest absolute Gasteiger partial charge is 0.436 e. The van der Waals surface area contributed by atoms with E-state index in [-0.39, 0.29) is 18.2 Å². The summed E-state index contributed by atoms with van der Waals surface area (Å²) in [6, 6.07) is 5.49. The van der Waals surface area contributed by atoms with Gasteiger partial charge in [0.1, 0.15) is 0 Å². The lowest BCUT2D eigenvalue weighted by Crippen LogP contribution is -2.08. The molecule has 0 saturated heterocycles. The Labute approximate surface area is 103 Å². The van der Waals surface area contributed by atoms with E-state index in [0.29, 0.717) is 5.56 Å². The first kappa shape index (κ1) is 13.6.